The van der Waals surface area contributed by atoms with Gasteiger partial charge in [0.15, 0.2) is 0 Å². The van der Waals surface area contributed by atoms with Gasteiger partial charge >= 0.3 is 0 Å². The van der Waals surface area contributed by atoms with Crippen LogP contribution < -0.4 is 4.90 Å². The fourth-order valence-corrected chi connectivity index (χ4v) is 3.23. The summed E-state index contributed by atoms with van der Waals surface area (Å²) in [4.78, 5) is 14.0. The average molecular weight is 369 g/mol. The first kappa shape index (κ1) is 12.2. The van der Waals surface area contributed by atoms with Crippen molar-refractivity contribution < 1.29 is 4.79 Å². The maximum Gasteiger partial charge on any atom is 0.228 e. The van der Waals surface area contributed by atoms with Crippen molar-refractivity contribution in [1.29, 1.82) is 0 Å². The Morgan fingerprint density at radius 2 is 1.83 bits per heavy atom. The summed E-state index contributed by atoms with van der Waals surface area (Å²) in [7, 11) is 0. The van der Waals surface area contributed by atoms with E-state index in [-0.39, 0.29) is 10.7 Å². The minimum absolute atomic E-state index is 0.188. The maximum atomic E-state index is 11.9. The first-order valence-corrected chi connectivity index (χ1v) is 7.48. The van der Waals surface area contributed by atoms with Crippen LogP contribution in [0.1, 0.15) is 6.42 Å². The monoisotopic (exact) mass is 367 g/mol. The molecule has 3 rings (SSSR count). The number of anilines is 1. The molecule has 0 saturated carbocycles. The number of hydrogen-bond donors (Lipinski definition) is 0. The standard InChI is InChI=1S/C14H11Br2NO/c15-11-3-1-10-6-13(4-2-9(10)5-11)17-8-12(16)7-14(17)18/h1-6,12H,7-8H2. The normalized spacial score (nSPS) is 19.8. The molecular weight excluding hydrogens is 358 g/mol. The van der Waals surface area contributed by atoms with E-state index in [4.69, 9.17) is 0 Å². The molecule has 92 valence electrons. The van der Waals surface area contributed by atoms with Crippen LogP contribution >= 0.6 is 31.9 Å². The van der Waals surface area contributed by atoms with Crippen LogP contribution in [0, 0.1) is 0 Å². The van der Waals surface area contributed by atoms with E-state index >= 15 is 0 Å². The number of alkyl halides is 1. The van der Waals surface area contributed by atoms with Crippen LogP contribution in [-0.2, 0) is 4.79 Å². The van der Waals surface area contributed by atoms with Crippen molar-refractivity contribution >= 4 is 54.2 Å². The molecule has 0 aliphatic carbocycles. The molecule has 1 saturated heterocycles. The number of halogens is 2. The second kappa shape index (κ2) is 4.67. The van der Waals surface area contributed by atoms with Crippen molar-refractivity contribution in [3.8, 4) is 0 Å². The summed E-state index contributed by atoms with van der Waals surface area (Å²) in [6.07, 6.45) is 0.582. The Morgan fingerprint density at radius 3 is 2.56 bits per heavy atom. The van der Waals surface area contributed by atoms with Gasteiger partial charge in [-0.05, 0) is 35.0 Å². The smallest absolute Gasteiger partial charge is 0.228 e. The first-order chi connectivity index (χ1) is 8.63. The van der Waals surface area contributed by atoms with Gasteiger partial charge in [0.25, 0.3) is 0 Å². The molecule has 0 bridgehead atoms. The van der Waals surface area contributed by atoms with Crippen LogP contribution in [0.5, 0.6) is 0 Å². The Bertz CT molecular complexity index is 626. The van der Waals surface area contributed by atoms with Crippen LogP contribution in [-0.4, -0.2) is 17.3 Å². The van der Waals surface area contributed by atoms with Gasteiger partial charge in [0.1, 0.15) is 0 Å². The third kappa shape index (κ3) is 2.19. The predicted molar refractivity (Wildman–Crippen MR) is 81.3 cm³/mol. The number of fused-ring (bicyclic) bond motifs is 1. The second-order valence-electron chi connectivity index (χ2n) is 4.48. The Hall–Kier alpha value is -0.870. The molecule has 1 aliphatic heterocycles. The van der Waals surface area contributed by atoms with Crippen LogP contribution in [0.3, 0.4) is 0 Å². The molecule has 0 aromatic heterocycles. The second-order valence-corrected chi connectivity index (χ2v) is 6.69. The Balaban J connectivity index is 2.03. The molecule has 1 aliphatic rings. The number of amides is 1. The largest absolute Gasteiger partial charge is 0.311 e. The van der Waals surface area contributed by atoms with Crippen molar-refractivity contribution in [3.05, 3.63) is 40.9 Å². The van der Waals surface area contributed by atoms with Gasteiger partial charge in [-0.25, -0.2) is 0 Å². The first-order valence-electron chi connectivity index (χ1n) is 5.77. The van der Waals surface area contributed by atoms with Crippen molar-refractivity contribution in [2.45, 2.75) is 11.2 Å². The van der Waals surface area contributed by atoms with Gasteiger partial charge < -0.3 is 4.90 Å². The van der Waals surface area contributed by atoms with Gasteiger partial charge in [0.2, 0.25) is 5.91 Å². The van der Waals surface area contributed by atoms with E-state index in [1.165, 1.54) is 5.39 Å². The zero-order valence-corrected chi connectivity index (χ0v) is 12.7. The molecule has 2 nitrogen and oxygen atoms in total. The van der Waals surface area contributed by atoms with Gasteiger partial charge in [0, 0.05) is 28.0 Å². The Labute approximate surface area is 122 Å². The average Bonchev–Trinajstić information content (AvgIpc) is 2.68. The number of rotatable bonds is 1. The summed E-state index contributed by atoms with van der Waals surface area (Å²) in [5.41, 5.74) is 0.983. The fourth-order valence-electron chi connectivity index (χ4n) is 2.29. The predicted octanol–water partition coefficient (Wildman–Crippen LogP) is 4.10. The van der Waals surface area contributed by atoms with E-state index in [9.17, 15) is 4.79 Å². The maximum absolute atomic E-state index is 11.9. The Morgan fingerprint density at radius 1 is 1.11 bits per heavy atom. The third-order valence-corrected chi connectivity index (χ3v) is 4.28. The summed E-state index contributed by atoms with van der Waals surface area (Å²) in [5.74, 6) is 0.188. The van der Waals surface area contributed by atoms with Gasteiger partial charge in [-0.1, -0.05) is 44.0 Å². The third-order valence-electron chi connectivity index (χ3n) is 3.18. The van der Waals surface area contributed by atoms with Gasteiger partial charge in [0.05, 0.1) is 0 Å². The number of nitrogens with zero attached hydrogens (tertiary/aromatic N) is 1. The molecule has 4 heteroatoms. The van der Waals surface area contributed by atoms with Gasteiger partial charge in [-0.15, -0.1) is 0 Å². The molecule has 1 atom stereocenters. The van der Waals surface area contributed by atoms with Crippen LogP contribution in [0.15, 0.2) is 40.9 Å². The van der Waals surface area contributed by atoms with Gasteiger partial charge in [-0.3, -0.25) is 4.79 Å². The lowest BCUT2D eigenvalue weighted by atomic mass is 10.1. The molecule has 1 fully saturated rings. The zero-order chi connectivity index (χ0) is 12.7. The number of carbonyl (C=O) groups excluding carboxylic acids is 1. The van der Waals surface area contributed by atoms with Crippen molar-refractivity contribution in [3.63, 3.8) is 0 Å². The molecule has 1 heterocycles. The van der Waals surface area contributed by atoms with E-state index in [1.54, 1.807) is 0 Å². The molecule has 0 radical (unpaired) electrons. The summed E-state index contributed by atoms with van der Waals surface area (Å²) < 4.78 is 1.07. The number of carbonyl (C=O) groups is 1. The van der Waals surface area contributed by atoms with E-state index < -0.39 is 0 Å². The molecule has 1 unspecified atom stereocenters. The summed E-state index contributed by atoms with van der Waals surface area (Å²) in [6, 6.07) is 12.3. The summed E-state index contributed by atoms with van der Waals surface area (Å²) >= 11 is 6.97. The highest BCUT2D eigenvalue weighted by Gasteiger charge is 2.28. The minimum Gasteiger partial charge on any atom is -0.311 e. The SMILES string of the molecule is O=C1CC(Br)CN1c1ccc2cc(Br)ccc2c1. The molecule has 0 spiro atoms. The van der Waals surface area contributed by atoms with Crippen molar-refractivity contribution in [2.75, 3.05) is 11.4 Å². The van der Waals surface area contributed by atoms with E-state index in [0.29, 0.717) is 6.42 Å². The van der Waals surface area contributed by atoms with Gasteiger partial charge in [-0.2, -0.15) is 0 Å². The highest BCUT2D eigenvalue weighted by atomic mass is 79.9. The molecular formula is C14H11Br2NO. The van der Waals surface area contributed by atoms with Crippen LogP contribution in [0.4, 0.5) is 5.69 Å². The highest BCUT2D eigenvalue weighted by Crippen LogP contribution is 2.29. The summed E-state index contributed by atoms with van der Waals surface area (Å²) in [6.45, 7) is 0.751. The number of benzene rings is 2. The lowest BCUT2D eigenvalue weighted by Gasteiger charge is -2.16. The van der Waals surface area contributed by atoms with E-state index in [0.717, 1.165) is 22.1 Å². The van der Waals surface area contributed by atoms with Crippen LogP contribution in [0.25, 0.3) is 10.8 Å². The Kier molecular flexibility index (Phi) is 3.16. The lowest BCUT2D eigenvalue weighted by Crippen LogP contribution is -2.24. The fraction of sp³-hybridized carbons (Fsp3) is 0.214. The molecule has 0 N–H and O–H groups in total. The molecule has 1 amide bonds. The summed E-state index contributed by atoms with van der Waals surface area (Å²) in [5, 5.41) is 2.33. The quantitative estimate of drug-likeness (QED) is 0.694. The topological polar surface area (TPSA) is 20.3 Å². The highest BCUT2D eigenvalue weighted by molar-refractivity contribution is 9.10. The lowest BCUT2D eigenvalue weighted by molar-refractivity contribution is -0.117. The number of hydrogen-bond acceptors (Lipinski definition) is 1. The zero-order valence-electron chi connectivity index (χ0n) is 9.57. The molecule has 2 aromatic carbocycles. The molecule has 18 heavy (non-hydrogen) atoms. The van der Waals surface area contributed by atoms with E-state index in [1.807, 2.05) is 17.0 Å². The van der Waals surface area contributed by atoms with Crippen molar-refractivity contribution in [1.82, 2.24) is 0 Å². The van der Waals surface area contributed by atoms with Crippen molar-refractivity contribution in [2.24, 2.45) is 0 Å². The molecule has 2 aromatic rings. The van der Waals surface area contributed by atoms with Crippen LogP contribution in [0.2, 0.25) is 0 Å². The minimum atomic E-state index is 0.188. The van der Waals surface area contributed by atoms with E-state index in [2.05, 4.69) is 56.1 Å².